The maximum atomic E-state index is 2.34. The van der Waals surface area contributed by atoms with E-state index in [4.69, 9.17) is 0 Å². The van der Waals surface area contributed by atoms with Crippen molar-refractivity contribution in [1.82, 2.24) is 0 Å². The first-order valence-electron chi connectivity index (χ1n) is 12.6. The topological polar surface area (TPSA) is 0 Å². The monoisotopic (exact) mass is 509 g/mol. The van der Waals surface area contributed by atoms with Crippen LogP contribution >= 0.6 is 15.8 Å². The van der Waals surface area contributed by atoms with Gasteiger partial charge < -0.3 is 0 Å². The van der Waals surface area contributed by atoms with Crippen LogP contribution in [-0.2, 0) is 0 Å². The third-order valence-electron chi connectivity index (χ3n) is 6.53. The zero-order valence-corrected chi connectivity index (χ0v) is 22.3. The molecule has 0 bridgehead atoms. The smallest absolute Gasteiger partial charge is 0.0242 e. The molecule has 6 rings (SSSR count). The van der Waals surface area contributed by atoms with E-state index in [2.05, 4.69) is 165 Å². The van der Waals surface area contributed by atoms with Crippen molar-refractivity contribution < 1.29 is 0 Å². The second-order valence-electron chi connectivity index (χ2n) is 8.85. The zero-order chi connectivity index (χ0) is 24.9. The molecule has 2 heteroatoms. The summed E-state index contributed by atoms with van der Waals surface area (Å²) in [5.41, 5.74) is 2.75. The van der Waals surface area contributed by atoms with Crippen LogP contribution in [0.4, 0.5) is 0 Å². The van der Waals surface area contributed by atoms with Crippen LogP contribution in [0.5, 0.6) is 0 Å². The van der Waals surface area contributed by atoms with Gasteiger partial charge in [0.2, 0.25) is 0 Å². The highest BCUT2D eigenvalue weighted by Gasteiger charge is 2.39. The van der Waals surface area contributed by atoms with Crippen LogP contribution in [0.15, 0.2) is 146 Å². The lowest BCUT2D eigenvalue weighted by molar-refractivity contribution is 1.27. The summed E-state index contributed by atoms with van der Waals surface area (Å²) in [5, 5.41) is 6.90. The SMILES string of the molecule is [CH]1[CH][C](c2ccccc2P(c2ccccc2)c2ccccc2)[C](P(c2ccccc2)c2ccccc2)[CH]1. The quantitative estimate of drug-likeness (QED) is 0.215. The van der Waals surface area contributed by atoms with E-state index in [0.29, 0.717) is 0 Å². The molecule has 0 saturated heterocycles. The minimum absolute atomic E-state index is 0.686. The molecule has 1 aliphatic carbocycles. The van der Waals surface area contributed by atoms with E-state index >= 15 is 0 Å². The van der Waals surface area contributed by atoms with Gasteiger partial charge >= 0.3 is 0 Å². The van der Waals surface area contributed by atoms with Crippen molar-refractivity contribution in [2.75, 3.05) is 0 Å². The van der Waals surface area contributed by atoms with Crippen LogP contribution in [0, 0.1) is 30.8 Å². The van der Waals surface area contributed by atoms with E-state index < -0.39 is 15.8 Å². The van der Waals surface area contributed by atoms with Crippen molar-refractivity contribution in [3.63, 3.8) is 0 Å². The van der Waals surface area contributed by atoms with Crippen molar-refractivity contribution in [3.05, 3.63) is 182 Å². The van der Waals surface area contributed by atoms with Gasteiger partial charge in [0.1, 0.15) is 0 Å². The van der Waals surface area contributed by atoms with Gasteiger partial charge in [-0.25, -0.2) is 0 Å². The summed E-state index contributed by atoms with van der Waals surface area (Å²) in [7, 11) is -1.39. The predicted octanol–water partition coefficient (Wildman–Crippen LogP) is 6.66. The summed E-state index contributed by atoms with van der Waals surface area (Å²) in [6.07, 6.45) is 6.89. The van der Waals surface area contributed by atoms with Crippen LogP contribution in [0.1, 0.15) is 5.56 Å². The third kappa shape index (κ3) is 5.20. The van der Waals surface area contributed by atoms with Gasteiger partial charge in [-0.2, -0.15) is 0 Å². The highest BCUT2D eigenvalue weighted by atomic mass is 31.1. The van der Waals surface area contributed by atoms with E-state index in [1.807, 2.05) is 0 Å². The Hall–Kier alpha value is -3.04. The molecule has 0 nitrogen and oxygen atoms in total. The fraction of sp³-hybridized carbons (Fsp3) is 0. The van der Waals surface area contributed by atoms with Gasteiger partial charge in [-0.15, -0.1) is 0 Å². The van der Waals surface area contributed by atoms with Gasteiger partial charge in [0, 0.05) is 11.6 Å². The summed E-state index contributed by atoms with van der Waals surface area (Å²) in [4.78, 5) is 0. The largest absolute Gasteiger partial charge is 0.0622 e. The molecule has 0 N–H and O–H groups in total. The van der Waals surface area contributed by atoms with Gasteiger partial charge in [0.25, 0.3) is 0 Å². The van der Waals surface area contributed by atoms with E-state index in [1.165, 1.54) is 43.7 Å². The molecule has 1 saturated carbocycles. The molecule has 1 aliphatic rings. The van der Waals surface area contributed by atoms with Crippen molar-refractivity contribution >= 4 is 42.4 Å². The molecule has 0 atom stereocenters. The van der Waals surface area contributed by atoms with E-state index in [0.717, 1.165) is 0 Å². The zero-order valence-electron chi connectivity index (χ0n) is 20.5. The van der Waals surface area contributed by atoms with Crippen LogP contribution in [0.2, 0.25) is 0 Å². The lowest BCUT2D eigenvalue weighted by Gasteiger charge is -2.31. The fourth-order valence-electron chi connectivity index (χ4n) is 4.89. The highest BCUT2D eigenvalue weighted by Crippen LogP contribution is 2.58. The summed E-state index contributed by atoms with van der Waals surface area (Å²) in [6, 6.07) is 53.0. The van der Waals surface area contributed by atoms with E-state index in [-0.39, 0.29) is 0 Å². The molecular formula is C35H27P2. The average Bonchev–Trinajstić information content (AvgIpc) is 3.45. The molecule has 0 aliphatic heterocycles. The van der Waals surface area contributed by atoms with Crippen LogP contribution in [-0.4, -0.2) is 0 Å². The Labute approximate surface area is 223 Å². The van der Waals surface area contributed by atoms with Gasteiger partial charge in [-0.3, -0.25) is 0 Å². The minimum Gasteiger partial charge on any atom is -0.0622 e. The Balaban J connectivity index is 1.47. The average molecular weight is 510 g/mol. The molecule has 5 aromatic rings. The summed E-state index contributed by atoms with van der Waals surface area (Å²) >= 11 is 0. The summed E-state index contributed by atoms with van der Waals surface area (Å²) < 4.78 is 0. The second kappa shape index (κ2) is 11.6. The Kier molecular flexibility index (Phi) is 7.60. The first kappa shape index (κ1) is 24.3. The first-order valence-corrected chi connectivity index (χ1v) is 15.2. The first-order chi connectivity index (χ1) is 18.4. The molecule has 1 fully saturated rings. The Morgan fingerprint density at radius 2 is 0.757 bits per heavy atom. The minimum atomic E-state index is -0.704. The Morgan fingerprint density at radius 3 is 1.24 bits per heavy atom. The maximum Gasteiger partial charge on any atom is 0.0242 e. The van der Waals surface area contributed by atoms with Gasteiger partial charge in [-0.05, 0) is 67.2 Å². The molecule has 5 radical (unpaired) electrons. The predicted molar refractivity (Wildman–Crippen MR) is 163 cm³/mol. The maximum absolute atomic E-state index is 2.34. The highest BCUT2D eigenvalue weighted by molar-refractivity contribution is 7.80. The molecule has 0 unspecified atom stereocenters. The molecular weight excluding hydrogens is 482 g/mol. The number of hydrogen-bond donors (Lipinski definition) is 0. The molecule has 0 heterocycles. The van der Waals surface area contributed by atoms with Gasteiger partial charge in [-0.1, -0.05) is 146 Å². The molecule has 0 amide bonds. The van der Waals surface area contributed by atoms with Gasteiger partial charge in [0.05, 0.1) is 0 Å². The van der Waals surface area contributed by atoms with E-state index in [1.54, 1.807) is 0 Å². The molecule has 0 spiro atoms. The molecule has 177 valence electrons. The Morgan fingerprint density at radius 1 is 0.351 bits per heavy atom. The number of benzene rings is 5. The van der Waals surface area contributed by atoms with Crippen molar-refractivity contribution in [2.45, 2.75) is 0 Å². The molecule has 37 heavy (non-hydrogen) atoms. The second-order valence-corrected chi connectivity index (χ2v) is 13.2. The molecule has 5 aromatic carbocycles. The number of rotatable bonds is 7. The normalized spacial score (nSPS) is 14.4. The van der Waals surface area contributed by atoms with E-state index in [9.17, 15) is 0 Å². The fourth-order valence-corrected chi connectivity index (χ4v) is 9.82. The lowest BCUT2D eigenvalue weighted by atomic mass is 9.97. The summed E-state index contributed by atoms with van der Waals surface area (Å²) in [6.45, 7) is 0. The standard InChI is InChI=1S/C35H27P2/c1-5-16-28(17-6-1)36(29-18-7-2-8-19-29)34-26-14-13-24-32(34)33-25-15-27-35(33)37(30-20-9-3-10-21-30)31-22-11-4-12-23-31/h1-27H. The van der Waals surface area contributed by atoms with Crippen LogP contribution < -0.4 is 26.5 Å². The van der Waals surface area contributed by atoms with Crippen LogP contribution in [0.25, 0.3) is 0 Å². The lowest BCUT2D eigenvalue weighted by Crippen LogP contribution is -2.26. The summed E-state index contributed by atoms with van der Waals surface area (Å²) in [5.74, 6) is 1.34. The Bertz CT molecular complexity index is 1320. The van der Waals surface area contributed by atoms with Gasteiger partial charge in [0.15, 0.2) is 0 Å². The number of hydrogen-bond acceptors (Lipinski definition) is 0. The van der Waals surface area contributed by atoms with Crippen molar-refractivity contribution in [1.29, 1.82) is 0 Å². The van der Waals surface area contributed by atoms with Crippen molar-refractivity contribution in [2.24, 2.45) is 0 Å². The molecule has 0 aromatic heterocycles. The third-order valence-corrected chi connectivity index (χ3v) is 11.5. The van der Waals surface area contributed by atoms with Crippen LogP contribution in [0.3, 0.4) is 0 Å². The van der Waals surface area contributed by atoms with Crippen molar-refractivity contribution in [3.8, 4) is 0 Å².